The van der Waals surface area contributed by atoms with Crippen LogP contribution in [0.2, 0.25) is 0 Å². The Labute approximate surface area is 77.9 Å². The molecule has 1 aliphatic carbocycles. The summed E-state index contributed by atoms with van der Waals surface area (Å²) >= 11 is 0. The first-order valence-electron chi connectivity index (χ1n) is 4.58. The molecular formula is C10H14N2O. The van der Waals surface area contributed by atoms with Gasteiger partial charge in [0, 0.05) is 24.2 Å². The highest BCUT2D eigenvalue weighted by Crippen LogP contribution is 2.39. The normalized spacial score (nSPS) is 15.8. The van der Waals surface area contributed by atoms with Crippen molar-refractivity contribution in [2.24, 2.45) is 5.73 Å². The van der Waals surface area contributed by atoms with Gasteiger partial charge in [-0.2, -0.15) is 0 Å². The van der Waals surface area contributed by atoms with E-state index in [9.17, 15) is 0 Å². The fraction of sp³-hybridized carbons (Fsp3) is 0.500. The van der Waals surface area contributed by atoms with Gasteiger partial charge in [0.15, 0.2) is 0 Å². The SMILES string of the molecule is COc1cc(CN)cc(C2CC2)n1. The lowest BCUT2D eigenvalue weighted by Crippen LogP contribution is -2.00. The number of nitrogens with two attached hydrogens (primary N) is 1. The second-order valence-electron chi connectivity index (χ2n) is 3.42. The lowest BCUT2D eigenvalue weighted by molar-refractivity contribution is 0.395. The highest BCUT2D eigenvalue weighted by Gasteiger charge is 2.25. The minimum absolute atomic E-state index is 0.554. The van der Waals surface area contributed by atoms with Gasteiger partial charge in [0.25, 0.3) is 0 Å². The van der Waals surface area contributed by atoms with Crippen molar-refractivity contribution in [1.29, 1.82) is 0 Å². The predicted octanol–water partition coefficient (Wildman–Crippen LogP) is 1.43. The quantitative estimate of drug-likeness (QED) is 0.761. The van der Waals surface area contributed by atoms with E-state index in [0.717, 1.165) is 11.3 Å². The summed E-state index contributed by atoms with van der Waals surface area (Å²) in [6, 6.07) is 3.98. The Morgan fingerprint density at radius 2 is 2.31 bits per heavy atom. The van der Waals surface area contributed by atoms with Crippen molar-refractivity contribution in [2.45, 2.75) is 25.3 Å². The maximum Gasteiger partial charge on any atom is 0.213 e. The highest BCUT2D eigenvalue weighted by atomic mass is 16.5. The van der Waals surface area contributed by atoms with Crippen molar-refractivity contribution in [3.8, 4) is 5.88 Å². The summed E-state index contributed by atoms with van der Waals surface area (Å²) in [5.74, 6) is 1.34. The third-order valence-electron chi connectivity index (χ3n) is 2.32. The maximum absolute atomic E-state index is 5.58. The van der Waals surface area contributed by atoms with E-state index in [-0.39, 0.29) is 0 Å². The molecule has 0 amide bonds. The van der Waals surface area contributed by atoms with Crippen LogP contribution in [0.5, 0.6) is 5.88 Å². The Bertz CT molecular complexity index is 286. The van der Waals surface area contributed by atoms with E-state index >= 15 is 0 Å². The molecular weight excluding hydrogens is 164 g/mol. The first kappa shape index (κ1) is 8.51. The van der Waals surface area contributed by atoms with Crippen LogP contribution in [-0.2, 0) is 6.54 Å². The number of pyridine rings is 1. The molecule has 1 saturated carbocycles. The fourth-order valence-corrected chi connectivity index (χ4v) is 1.39. The summed E-state index contributed by atoms with van der Waals surface area (Å²) in [5, 5.41) is 0. The van der Waals surface area contributed by atoms with Crippen molar-refractivity contribution in [3.63, 3.8) is 0 Å². The van der Waals surface area contributed by atoms with Crippen LogP contribution in [0.3, 0.4) is 0 Å². The summed E-state index contributed by atoms with van der Waals surface area (Å²) in [5.41, 5.74) is 7.82. The fourth-order valence-electron chi connectivity index (χ4n) is 1.39. The van der Waals surface area contributed by atoms with E-state index in [1.54, 1.807) is 7.11 Å². The summed E-state index contributed by atoms with van der Waals surface area (Å²) < 4.78 is 5.11. The Morgan fingerprint density at radius 1 is 1.54 bits per heavy atom. The van der Waals surface area contributed by atoms with Crippen molar-refractivity contribution < 1.29 is 4.74 Å². The molecule has 0 spiro atoms. The molecule has 3 nitrogen and oxygen atoms in total. The Hall–Kier alpha value is -1.09. The molecule has 1 fully saturated rings. The van der Waals surface area contributed by atoms with Crippen LogP contribution in [0, 0.1) is 0 Å². The van der Waals surface area contributed by atoms with Crippen LogP contribution in [-0.4, -0.2) is 12.1 Å². The molecule has 0 saturated heterocycles. The van der Waals surface area contributed by atoms with Gasteiger partial charge in [0.2, 0.25) is 5.88 Å². The van der Waals surface area contributed by atoms with Gasteiger partial charge in [-0.25, -0.2) is 4.98 Å². The second-order valence-corrected chi connectivity index (χ2v) is 3.42. The number of rotatable bonds is 3. The molecule has 2 rings (SSSR count). The van der Waals surface area contributed by atoms with Gasteiger partial charge in [-0.1, -0.05) is 0 Å². The number of hydrogen-bond donors (Lipinski definition) is 1. The standard InChI is InChI=1S/C10H14N2O/c1-13-10-5-7(6-11)4-9(12-10)8-2-3-8/h4-5,8H,2-3,6,11H2,1H3. The molecule has 1 aliphatic rings. The predicted molar refractivity (Wildman–Crippen MR) is 50.7 cm³/mol. The van der Waals surface area contributed by atoms with E-state index in [1.165, 1.54) is 12.8 Å². The minimum atomic E-state index is 0.554. The average Bonchev–Trinajstić information content (AvgIpc) is 3.00. The molecule has 0 unspecified atom stereocenters. The molecule has 0 atom stereocenters. The zero-order chi connectivity index (χ0) is 9.26. The van der Waals surface area contributed by atoms with Crippen LogP contribution in [0.25, 0.3) is 0 Å². The molecule has 13 heavy (non-hydrogen) atoms. The van der Waals surface area contributed by atoms with Crippen molar-refractivity contribution in [2.75, 3.05) is 7.11 Å². The molecule has 2 N–H and O–H groups in total. The number of aromatic nitrogens is 1. The van der Waals surface area contributed by atoms with E-state index < -0.39 is 0 Å². The van der Waals surface area contributed by atoms with Gasteiger partial charge < -0.3 is 10.5 Å². The van der Waals surface area contributed by atoms with Crippen molar-refractivity contribution in [3.05, 3.63) is 23.4 Å². The smallest absolute Gasteiger partial charge is 0.213 e. The summed E-state index contributed by atoms with van der Waals surface area (Å²) in [6.45, 7) is 0.554. The summed E-state index contributed by atoms with van der Waals surface area (Å²) in [4.78, 5) is 4.38. The Balaban J connectivity index is 2.33. The van der Waals surface area contributed by atoms with Crippen LogP contribution < -0.4 is 10.5 Å². The molecule has 1 aromatic rings. The maximum atomic E-state index is 5.58. The average molecular weight is 178 g/mol. The van der Waals surface area contributed by atoms with Gasteiger partial charge in [-0.3, -0.25) is 0 Å². The van der Waals surface area contributed by atoms with Gasteiger partial charge in [0.1, 0.15) is 0 Å². The van der Waals surface area contributed by atoms with Crippen LogP contribution in [0.1, 0.15) is 30.0 Å². The molecule has 1 aromatic heterocycles. The molecule has 0 radical (unpaired) electrons. The first-order chi connectivity index (χ1) is 6.33. The zero-order valence-electron chi connectivity index (χ0n) is 7.79. The van der Waals surface area contributed by atoms with Crippen LogP contribution in [0.4, 0.5) is 0 Å². The molecule has 70 valence electrons. The van der Waals surface area contributed by atoms with Gasteiger partial charge >= 0.3 is 0 Å². The van der Waals surface area contributed by atoms with Crippen molar-refractivity contribution >= 4 is 0 Å². The number of nitrogens with zero attached hydrogens (tertiary/aromatic N) is 1. The molecule has 1 heterocycles. The van der Waals surface area contributed by atoms with E-state index in [1.807, 2.05) is 6.07 Å². The van der Waals surface area contributed by atoms with Gasteiger partial charge in [-0.15, -0.1) is 0 Å². The molecule has 0 bridgehead atoms. The van der Waals surface area contributed by atoms with Crippen LogP contribution >= 0.6 is 0 Å². The largest absolute Gasteiger partial charge is 0.481 e. The zero-order valence-corrected chi connectivity index (χ0v) is 7.79. The lowest BCUT2D eigenvalue weighted by atomic mass is 10.2. The van der Waals surface area contributed by atoms with E-state index in [2.05, 4.69) is 11.1 Å². The topological polar surface area (TPSA) is 48.1 Å². The Morgan fingerprint density at radius 3 is 2.85 bits per heavy atom. The molecule has 0 aromatic carbocycles. The molecule has 3 heteroatoms. The lowest BCUT2D eigenvalue weighted by Gasteiger charge is -2.05. The van der Waals surface area contributed by atoms with E-state index in [0.29, 0.717) is 18.3 Å². The van der Waals surface area contributed by atoms with Gasteiger partial charge in [0.05, 0.1) is 7.11 Å². The summed E-state index contributed by atoms with van der Waals surface area (Å²) in [7, 11) is 1.64. The molecule has 0 aliphatic heterocycles. The minimum Gasteiger partial charge on any atom is -0.481 e. The number of methoxy groups -OCH3 is 1. The third-order valence-corrected chi connectivity index (χ3v) is 2.32. The van der Waals surface area contributed by atoms with E-state index in [4.69, 9.17) is 10.5 Å². The van der Waals surface area contributed by atoms with Gasteiger partial charge in [-0.05, 0) is 24.5 Å². The highest BCUT2D eigenvalue weighted by molar-refractivity contribution is 5.28. The summed E-state index contributed by atoms with van der Waals surface area (Å²) in [6.07, 6.45) is 2.51. The van der Waals surface area contributed by atoms with Crippen molar-refractivity contribution in [1.82, 2.24) is 4.98 Å². The Kier molecular flexibility index (Phi) is 2.19. The van der Waals surface area contributed by atoms with Crippen LogP contribution in [0.15, 0.2) is 12.1 Å². The number of hydrogen-bond acceptors (Lipinski definition) is 3. The monoisotopic (exact) mass is 178 g/mol. The second kappa shape index (κ2) is 3.34. The third kappa shape index (κ3) is 1.80. The number of ether oxygens (including phenoxy) is 1. The first-order valence-corrected chi connectivity index (χ1v) is 4.58.